The van der Waals surface area contributed by atoms with Crippen molar-refractivity contribution in [1.82, 2.24) is 9.55 Å². The molecule has 1 aliphatic rings. The third-order valence-electron chi connectivity index (χ3n) is 7.22. The summed E-state index contributed by atoms with van der Waals surface area (Å²) in [5, 5.41) is 0.0859. The molecule has 1 aromatic heterocycles. The quantitative estimate of drug-likeness (QED) is 0.165. The van der Waals surface area contributed by atoms with Crippen LogP contribution in [0.2, 0.25) is 18.1 Å². The van der Waals surface area contributed by atoms with Gasteiger partial charge in [-0.25, -0.2) is 9.59 Å². The first kappa shape index (κ1) is 33.1. The van der Waals surface area contributed by atoms with Gasteiger partial charge in [-0.15, -0.1) is 0 Å². The van der Waals surface area contributed by atoms with E-state index in [2.05, 4.69) is 52.4 Å². The number of hydrogen-bond acceptors (Lipinski definition) is 5. The molecule has 1 N–H and O–H groups in total. The number of ether oxygens (including phenoxy) is 1. The van der Waals surface area contributed by atoms with Crippen LogP contribution in [-0.4, -0.2) is 37.1 Å². The molecule has 0 saturated heterocycles. The molecule has 8 nitrogen and oxygen atoms in total. The second kappa shape index (κ2) is 14.0. The summed E-state index contributed by atoms with van der Waals surface area (Å²) in [5.41, 5.74) is 0.603. The van der Waals surface area contributed by atoms with Crippen LogP contribution in [0.5, 0.6) is 0 Å². The molecule has 1 aliphatic carbocycles. The third kappa shape index (κ3) is 8.31. The first-order valence-electron chi connectivity index (χ1n) is 11.5. The minimum atomic E-state index is -2.04. The van der Waals surface area contributed by atoms with E-state index >= 15 is 0 Å². The van der Waals surface area contributed by atoms with Crippen molar-refractivity contribution in [3.63, 3.8) is 0 Å². The summed E-state index contributed by atoms with van der Waals surface area (Å²) in [5.74, 6) is 0.116. The molecule has 1 heterocycles. The number of hydrogen-bond donors (Lipinski definition) is 1. The number of allylic oxidation sites excluding steroid dienone is 2. The Bertz CT molecular complexity index is 1050. The Morgan fingerprint density at radius 1 is 1.34 bits per heavy atom. The molecule has 0 amide bonds. The summed E-state index contributed by atoms with van der Waals surface area (Å²) in [6, 6.07) is -0.226. The van der Waals surface area contributed by atoms with Gasteiger partial charge in [0.2, 0.25) is 0 Å². The molecular weight excluding hydrogens is 508 g/mol. The Labute approximate surface area is 219 Å². The maximum Gasteiger partial charge on any atom is 3.00 e. The molecule has 0 aromatic carbocycles. The number of rotatable bonds is 9. The number of nitrogens with one attached hydrogen (secondary N) is 1. The predicted molar refractivity (Wildman–Crippen MR) is 133 cm³/mol. The van der Waals surface area contributed by atoms with E-state index < -0.39 is 20.0 Å². The monoisotopic (exact) mass is 546 g/mol. The summed E-state index contributed by atoms with van der Waals surface area (Å²) in [6.45, 7) is 22.2. The van der Waals surface area contributed by atoms with Crippen LogP contribution < -0.4 is 11.2 Å². The van der Waals surface area contributed by atoms with E-state index in [1.807, 2.05) is 6.08 Å². The van der Waals surface area contributed by atoms with Gasteiger partial charge in [0.05, 0.1) is 12.6 Å². The molecule has 2 atom stereocenters. The van der Waals surface area contributed by atoms with Crippen molar-refractivity contribution in [2.24, 2.45) is 11.8 Å². The SMILES string of the molecule is CCOC(=O)/C=C/C1=C[C@H](n2cc(C)c(=O)[nH]c2=O)C[C@@H]1CO[Si](C)(C)C(C)(C)C(C)C.[C-]#[O+].[Fe+3]. The van der Waals surface area contributed by atoms with E-state index in [1.165, 1.54) is 6.08 Å². The van der Waals surface area contributed by atoms with Gasteiger partial charge in [0.15, 0.2) is 8.32 Å². The van der Waals surface area contributed by atoms with Gasteiger partial charge in [0.25, 0.3) is 5.56 Å². The van der Waals surface area contributed by atoms with E-state index in [0.717, 1.165) is 5.57 Å². The van der Waals surface area contributed by atoms with E-state index in [4.69, 9.17) is 13.8 Å². The van der Waals surface area contributed by atoms with E-state index in [-0.39, 0.29) is 39.6 Å². The minimum absolute atomic E-state index is 0. The topological polar surface area (TPSA) is 110 Å². The molecule has 0 aliphatic heterocycles. The van der Waals surface area contributed by atoms with Crippen LogP contribution in [0.1, 0.15) is 52.6 Å². The van der Waals surface area contributed by atoms with Gasteiger partial charge in [-0.3, -0.25) is 14.3 Å². The Kier molecular flexibility index (Phi) is 13.2. The Balaban J connectivity index is 0.00000375. The molecule has 0 fully saturated rings. The zero-order valence-corrected chi connectivity index (χ0v) is 24.0. The molecular formula is C25H38FeN2O6Si+3. The second-order valence-corrected chi connectivity index (χ2v) is 14.5. The van der Waals surface area contributed by atoms with Gasteiger partial charge < -0.3 is 9.16 Å². The maximum atomic E-state index is 12.4. The predicted octanol–water partition coefficient (Wildman–Crippen LogP) is 4.07. The van der Waals surface area contributed by atoms with Gasteiger partial charge in [0.1, 0.15) is 0 Å². The van der Waals surface area contributed by atoms with Crippen LogP contribution in [-0.2, 0) is 35.7 Å². The number of aromatic amines is 1. The molecule has 35 heavy (non-hydrogen) atoms. The summed E-state index contributed by atoms with van der Waals surface area (Å²) in [6.07, 6.45) is 7.41. The van der Waals surface area contributed by atoms with Gasteiger partial charge in [-0.05, 0) is 49.9 Å². The fourth-order valence-corrected chi connectivity index (χ4v) is 6.16. The number of aryl methyl sites for hydroxylation is 1. The Hall–Kier alpha value is -1.93. The molecule has 0 unspecified atom stereocenters. The molecule has 0 bridgehead atoms. The average molecular weight is 547 g/mol. The van der Waals surface area contributed by atoms with Crippen molar-refractivity contribution in [3.8, 4) is 0 Å². The van der Waals surface area contributed by atoms with Crippen molar-refractivity contribution < 1.29 is 35.7 Å². The molecule has 1 radical (unpaired) electrons. The first-order chi connectivity index (χ1) is 15.8. The van der Waals surface area contributed by atoms with Gasteiger partial charge >= 0.3 is 40.0 Å². The summed E-state index contributed by atoms with van der Waals surface area (Å²) in [7, 11) is -2.04. The number of carbonyl (C=O) groups excluding carboxylic acids is 1. The van der Waals surface area contributed by atoms with Crippen LogP contribution in [0.4, 0.5) is 0 Å². The van der Waals surface area contributed by atoms with Gasteiger partial charge in [0, 0.05) is 30.4 Å². The molecule has 1 aromatic rings. The second-order valence-electron chi connectivity index (χ2n) is 9.93. The number of esters is 1. The number of aromatic nitrogens is 2. The maximum absolute atomic E-state index is 12.4. The summed E-state index contributed by atoms with van der Waals surface area (Å²) >= 11 is 0. The first-order valence-corrected chi connectivity index (χ1v) is 14.4. The summed E-state index contributed by atoms with van der Waals surface area (Å²) < 4.78 is 20.6. The number of H-pyrrole nitrogens is 1. The normalized spacial score (nSPS) is 18.0. The average Bonchev–Trinajstić information content (AvgIpc) is 3.17. The van der Waals surface area contributed by atoms with Crippen molar-refractivity contribution in [2.45, 2.75) is 72.1 Å². The Morgan fingerprint density at radius 2 is 1.94 bits per heavy atom. The summed E-state index contributed by atoms with van der Waals surface area (Å²) in [4.78, 5) is 38.4. The number of nitrogens with zero attached hydrogens (tertiary/aromatic N) is 1. The zero-order chi connectivity index (χ0) is 26.3. The van der Waals surface area contributed by atoms with Crippen LogP contribution in [0, 0.1) is 25.4 Å². The molecule has 0 spiro atoms. The standard InChI is InChI=1S/C24H38N2O5Si.CO.Fe/c1-9-30-21(27)11-10-18-12-20(26-14-17(4)22(28)25-23(26)29)13-19(18)15-31-32(7,8)24(5,6)16(2)3;1-2;/h10-12,14,16,19-20H,9,13,15H2,1-8H3,(H,25,28,29);;/q;;+3/b11-10+;;/t19-,20+;;/m1../s1. The van der Waals surface area contributed by atoms with E-state index in [0.29, 0.717) is 31.1 Å². The smallest absolute Gasteiger partial charge is 3.00 e. The fraction of sp³-hybridized carbons (Fsp3) is 0.600. The van der Waals surface area contributed by atoms with Gasteiger partial charge in [-0.2, -0.15) is 0 Å². The zero-order valence-electron chi connectivity index (χ0n) is 21.9. The van der Waals surface area contributed by atoms with E-state index in [1.54, 1.807) is 30.7 Å². The third-order valence-corrected chi connectivity index (χ3v) is 11.8. The van der Waals surface area contributed by atoms with Crippen molar-refractivity contribution >= 4 is 14.3 Å². The Morgan fingerprint density at radius 3 is 2.49 bits per heavy atom. The van der Waals surface area contributed by atoms with Crippen LogP contribution in [0.3, 0.4) is 0 Å². The van der Waals surface area contributed by atoms with Crippen LogP contribution in [0.25, 0.3) is 0 Å². The minimum Gasteiger partial charge on any atom is 3.00 e. The largest absolute Gasteiger partial charge is 3.00 e. The molecule has 0 saturated carbocycles. The van der Waals surface area contributed by atoms with Crippen LogP contribution >= 0.6 is 0 Å². The fourth-order valence-electron chi connectivity index (χ4n) is 3.78. The van der Waals surface area contributed by atoms with Crippen molar-refractivity contribution in [2.75, 3.05) is 13.2 Å². The number of carbonyl (C=O) groups is 1. The van der Waals surface area contributed by atoms with Crippen LogP contribution in [0.15, 0.2) is 39.6 Å². The molecule has 10 heteroatoms. The van der Waals surface area contributed by atoms with E-state index in [9.17, 15) is 14.4 Å². The van der Waals surface area contributed by atoms with Crippen molar-refractivity contribution in [3.05, 3.63) is 63.0 Å². The van der Waals surface area contributed by atoms with Gasteiger partial charge in [-0.1, -0.05) is 39.8 Å². The molecule has 193 valence electrons. The molecule has 2 rings (SSSR count). The van der Waals surface area contributed by atoms with Crippen molar-refractivity contribution in [1.29, 1.82) is 0 Å².